The molecule has 7 nitrogen and oxygen atoms in total. The van der Waals surface area contributed by atoms with Crippen LogP contribution in [0.2, 0.25) is 0 Å². The molecule has 24 heavy (non-hydrogen) atoms. The summed E-state index contributed by atoms with van der Waals surface area (Å²) in [7, 11) is 0. The number of morpholine rings is 1. The molecule has 1 amide bonds. The van der Waals surface area contributed by atoms with Crippen LogP contribution in [-0.2, 0) is 16.0 Å². The monoisotopic (exact) mass is 349 g/mol. The molecule has 8 heteroatoms. The average Bonchev–Trinajstić information content (AvgIpc) is 2.96. The van der Waals surface area contributed by atoms with Crippen LogP contribution in [0, 0.1) is 13.8 Å². The van der Waals surface area contributed by atoms with Gasteiger partial charge >= 0.3 is 0 Å². The number of hydrogen-bond acceptors (Lipinski definition) is 6. The van der Waals surface area contributed by atoms with E-state index in [9.17, 15) is 4.79 Å². The van der Waals surface area contributed by atoms with Gasteiger partial charge in [0.05, 0.1) is 25.2 Å². The average molecular weight is 349 g/mol. The van der Waals surface area contributed by atoms with Crippen molar-refractivity contribution in [3.63, 3.8) is 0 Å². The van der Waals surface area contributed by atoms with Gasteiger partial charge < -0.3 is 9.64 Å². The van der Waals surface area contributed by atoms with Gasteiger partial charge in [0.1, 0.15) is 0 Å². The minimum Gasteiger partial charge on any atom is -0.375 e. The largest absolute Gasteiger partial charge is 0.375 e. The second kappa shape index (κ2) is 6.68. The molecule has 3 rings (SSSR count). The van der Waals surface area contributed by atoms with E-state index in [4.69, 9.17) is 4.74 Å². The number of fused-ring (bicyclic) bond motifs is 1. The number of rotatable bonds is 3. The molecule has 0 saturated carbocycles. The maximum Gasteiger partial charge on any atom is 0.253 e. The second-order valence-electron chi connectivity index (χ2n) is 6.29. The van der Waals surface area contributed by atoms with Crippen molar-refractivity contribution in [3.05, 3.63) is 17.0 Å². The lowest BCUT2D eigenvalue weighted by atomic mass is 10.1. The Hall–Kier alpha value is -1.67. The van der Waals surface area contributed by atoms with E-state index in [2.05, 4.69) is 15.1 Å². The number of amides is 1. The zero-order chi connectivity index (χ0) is 17.4. The molecule has 0 aromatic carbocycles. The smallest absolute Gasteiger partial charge is 0.253 e. The Bertz CT molecular complexity index is 775. The third kappa shape index (κ3) is 3.12. The Labute approximate surface area is 145 Å². The minimum atomic E-state index is 0.0763. The van der Waals surface area contributed by atoms with Gasteiger partial charge in [0, 0.05) is 23.5 Å². The molecule has 0 N–H and O–H groups in total. The first-order chi connectivity index (χ1) is 11.4. The summed E-state index contributed by atoms with van der Waals surface area (Å²) in [4.78, 5) is 23.6. The first kappa shape index (κ1) is 17.2. The van der Waals surface area contributed by atoms with Crippen LogP contribution < -0.4 is 0 Å². The predicted molar refractivity (Wildman–Crippen MR) is 92.3 cm³/mol. The standard InChI is InChI=1S/C16H23N5O2S/c1-9-8-23-10(2)7-20(9)14(22)6-13-11(3)17-15-18-16(24-5)19-21(15)12(13)4/h9-10H,6-8H2,1-5H3. The fourth-order valence-electron chi connectivity index (χ4n) is 3.04. The lowest BCUT2D eigenvalue weighted by Crippen LogP contribution is -2.50. The fraction of sp³-hybridized carbons (Fsp3) is 0.625. The molecule has 1 aliphatic heterocycles. The lowest BCUT2D eigenvalue weighted by molar-refractivity contribution is -0.142. The van der Waals surface area contributed by atoms with Crippen molar-refractivity contribution in [2.75, 3.05) is 19.4 Å². The molecule has 0 aliphatic carbocycles. The summed E-state index contributed by atoms with van der Waals surface area (Å²) in [5.41, 5.74) is 2.69. The van der Waals surface area contributed by atoms with Gasteiger partial charge in [0.25, 0.3) is 5.78 Å². The van der Waals surface area contributed by atoms with Crippen molar-refractivity contribution < 1.29 is 9.53 Å². The van der Waals surface area contributed by atoms with Gasteiger partial charge in [0.15, 0.2) is 0 Å². The molecule has 2 aromatic heterocycles. The first-order valence-corrected chi connectivity index (χ1v) is 9.31. The molecule has 0 spiro atoms. The number of aryl methyl sites for hydroxylation is 2. The summed E-state index contributed by atoms with van der Waals surface area (Å²) >= 11 is 1.48. The van der Waals surface area contributed by atoms with Crippen LogP contribution in [0.15, 0.2) is 5.16 Å². The van der Waals surface area contributed by atoms with Crippen molar-refractivity contribution in [3.8, 4) is 0 Å². The molecule has 3 heterocycles. The lowest BCUT2D eigenvalue weighted by Gasteiger charge is -2.37. The quantitative estimate of drug-likeness (QED) is 0.785. The van der Waals surface area contributed by atoms with E-state index in [0.29, 0.717) is 30.5 Å². The Kier molecular flexibility index (Phi) is 4.78. The summed E-state index contributed by atoms with van der Waals surface area (Å²) in [6.45, 7) is 9.13. The summed E-state index contributed by atoms with van der Waals surface area (Å²) in [6.07, 6.45) is 2.33. The van der Waals surface area contributed by atoms with Gasteiger partial charge in [-0.05, 0) is 34.0 Å². The van der Waals surface area contributed by atoms with Crippen LogP contribution in [0.25, 0.3) is 5.78 Å². The Morgan fingerprint density at radius 3 is 2.79 bits per heavy atom. The topological polar surface area (TPSA) is 72.6 Å². The Morgan fingerprint density at radius 2 is 2.08 bits per heavy atom. The molecule has 2 atom stereocenters. The molecule has 1 aliphatic rings. The van der Waals surface area contributed by atoms with E-state index >= 15 is 0 Å². The van der Waals surface area contributed by atoms with Gasteiger partial charge in [-0.1, -0.05) is 11.8 Å². The molecular formula is C16H23N5O2S. The Balaban J connectivity index is 1.90. The van der Waals surface area contributed by atoms with Gasteiger partial charge in [-0.3, -0.25) is 4.79 Å². The maximum absolute atomic E-state index is 12.8. The molecule has 1 saturated heterocycles. The fourth-order valence-corrected chi connectivity index (χ4v) is 3.37. The highest BCUT2D eigenvalue weighted by atomic mass is 32.2. The first-order valence-electron chi connectivity index (χ1n) is 8.08. The molecule has 0 bridgehead atoms. The summed E-state index contributed by atoms with van der Waals surface area (Å²) < 4.78 is 7.34. The summed E-state index contributed by atoms with van der Waals surface area (Å²) in [5, 5.41) is 5.12. The summed E-state index contributed by atoms with van der Waals surface area (Å²) in [5.74, 6) is 0.689. The van der Waals surface area contributed by atoms with Crippen molar-refractivity contribution in [1.82, 2.24) is 24.5 Å². The number of ether oxygens (including phenoxy) is 1. The SMILES string of the molecule is CSc1nc2nc(C)c(CC(=O)N3CC(C)OCC3C)c(C)n2n1. The third-order valence-electron chi connectivity index (χ3n) is 4.47. The van der Waals surface area contributed by atoms with Crippen molar-refractivity contribution in [2.24, 2.45) is 0 Å². The highest BCUT2D eigenvalue weighted by Crippen LogP contribution is 2.19. The Morgan fingerprint density at radius 1 is 1.33 bits per heavy atom. The van der Waals surface area contributed by atoms with E-state index in [1.807, 2.05) is 38.9 Å². The number of carbonyl (C=O) groups excluding carboxylic acids is 1. The normalized spacial score (nSPS) is 21.5. The number of aromatic nitrogens is 4. The van der Waals surface area contributed by atoms with E-state index in [-0.39, 0.29) is 18.1 Å². The highest BCUT2D eigenvalue weighted by Gasteiger charge is 2.28. The number of hydrogen-bond donors (Lipinski definition) is 0. The van der Waals surface area contributed by atoms with Gasteiger partial charge in [-0.2, -0.15) is 4.98 Å². The van der Waals surface area contributed by atoms with E-state index < -0.39 is 0 Å². The van der Waals surface area contributed by atoms with Crippen molar-refractivity contribution in [1.29, 1.82) is 0 Å². The number of thioether (sulfide) groups is 1. The maximum atomic E-state index is 12.8. The van der Waals surface area contributed by atoms with Crippen LogP contribution >= 0.6 is 11.8 Å². The number of carbonyl (C=O) groups is 1. The molecule has 0 radical (unpaired) electrons. The zero-order valence-corrected chi connectivity index (χ0v) is 15.6. The van der Waals surface area contributed by atoms with Crippen LogP contribution in [0.5, 0.6) is 0 Å². The van der Waals surface area contributed by atoms with E-state index in [0.717, 1.165) is 17.0 Å². The second-order valence-corrected chi connectivity index (χ2v) is 7.06. The van der Waals surface area contributed by atoms with E-state index in [1.54, 1.807) is 4.52 Å². The number of nitrogens with zero attached hydrogens (tertiary/aromatic N) is 5. The predicted octanol–water partition coefficient (Wildman–Crippen LogP) is 1.64. The molecule has 2 unspecified atom stereocenters. The minimum absolute atomic E-state index is 0.0763. The summed E-state index contributed by atoms with van der Waals surface area (Å²) in [6, 6.07) is 0.0977. The van der Waals surface area contributed by atoms with Crippen molar-refractivity contribution in [2.45, 2.75) is 51.4 Å². The van der Waals surface area contributed by atoms with Crippen LogP contribution in [0.1, 0.15) is 30.8 Å². The van der Waals surface area contributed by atoms with Gasteiger partial charge in [-0.25, -0.2) is 9.50 Å². The molecule has 130 valence electrons. The van der Waals surface area contributed by atoms with Gasteiger partial charge in [0.2, 0.25) is 11.1 Å². The molecular weight excluding hydrogens is 326 g/mol. The third-order valence-corrected chi connectivity index (χ3v) is 5.01. The van der Waals surface area contributed by atoms with Crippen molar-refractivity contribution >= 4 is 23.4 Å². The highest BCUT2D eigenvalue weighted by molar-refractivity contribution is 7.98. The van der Waals surface area contributed by atoms with Crippen LogP contribution in [0.4, 0.5) is 0 Å². The molecule has 1 fully saturated rings. The van der Waals surface area contributed by atoms with Crippen LogP contribution in [0.3, 0.4) is 0 Å². The van der Waals surface area contributed by atoms with E-state index in [1.165, 1.54) is 11.8 Å². The van der Waals surface area contributed by atoms with Gasteiger partial charge in [-0.15, -0.1) is 5.10 Å². The van der Waals surface area contributed by atoms with Crippen LogP contribution in [-0.4, -0.2) is 61.9 Å². The zero-order valence-electron chi connectivity index (χ0n) is 14.7. The molecule has 2 aromatic rings.